The number of hydrogen-bond donors (Lipinski definition) is 9. The first-order chi connectivity index (χ1) is 43.4. The number of fused-ring (bicyclic) bond motifs is 5. The average Bonchev–Trinajstić information content (AvgIpc) is 1.37. The van der Waals surface area contributed by atoms with Gasteiger partial charge >= 0.3 is 11.9 Å². The fourth-order valence-electron chi connectivity index (χ4n) is 12.0. The number of aromatic nitrogens is 4. The van der Waals surface area contributed by atoms with Gasteiger partial charge in [-0.15, -0.1) is 12.4 Å². The zero-order valence-corrected chi connectivity index (χ0v) is 54.4. The van der Waals surface area contributed by atoms with Gasteiger partial charge in [-0.3, -0.25) is 28.8 Å². The van der Waals surface area contributed by atoms with Crippen LogP contribution in [0, 0.1) is 17.8 Å². The standard InChI is InChI=1S/C64H81N11O15S.ClH/c1-10-64(42-26-48-51-37(24-36-14-11-12-15-43(36)70-51)29-75(48)59(83)41(42)30-87-62(64)85)90-60(84)50(34(6)7)73-57(81)46(25-39-27-65-31-67-39)71-56(80)45(23-33(4)5)69-49(76)28-66-55(79)44(22-32(2)3)72-58(82)47-16-13-21-74(47)63(91)68-38-17-19-40(20-18-38)89-61-53(78)54(86-9)52(77)35(8)88-61;/h11-12,14-15,17-20,24,26-27,31-35,44-47,50,52-54,61,77-78H,10,13,16,21-23,25,28-30H2,1-9H3,(H,65,67)(H,66,79)(H,68,91)(H,69,76)(H,71,80)(H,72,82)(H,73,81);1H/t35-,44+,45-,46-,47-,50-,52+,53+,54+,61?,64+;/m1./s1. The smallest absolute Gasteiger partial charge is 0.355 e. The van der Waals surface area contributed by atoms with Crippen molar-refractivity contribution in [3.05, 3.63) is 106 Å². The van der Waals surface area contributed by atoms with E-state index in [0.717, 1.165) is 10.9 Å². The van der Waals surface area contributed by atoms with E-state index in [2.05, 4.69) is 41.9 Å². The summed E-state index contributed by atoms with van der Waals surface area (Å²) in [6, 6.07) is 12.1. The van der Waals surface area contributed by atoms with E-state index >= 15 is 0 Å². The van der Waals surface area contributed by atoms with E-state index in [4.69, 9.17) is 40.9 Å². The van der Waals surface area contributed by atoms with Crippen LogP contribution in [0.15, 0.2) is 78.0 Å². The van der Waals surface area contributed by atoms with Gasteiger partial charge in [0.05, 0.1) is 48.0 Å². The molecule has 4 aliphatic rings. The SMILES string of the molecule is CC[C@@]1(OC(=O)[C@H](NC(=O)[C@@H](Cc2cnc[nH]2)NC(=O)[C@@H](CC(C)C)NC(=O)CNC(=O)[C@H](CC(C)C)NC(=O)[C@H]2CCCN2C(=S)Nc2ccc(OC3O[C@H](C)[C@H](O)[C@H](OC)[C@@H]3O)cc2)C(C)C)C(=O)OCc2c1cc1n(c2=O)Cc2cc3ccccc3nc2-1.Cl. The van der Waals surface area contributed by atoms with Gasteiger partial charge < -0.3 is 80.2 Å². The topological polar surface area (TPSA) is 345 Å². The molecule has 1 unspecified atom stereocenters. The second-order valence-electron chi connectivity index (χ2n) is 24.7. The molecule has 2 fully saturated rings. The molecule has 7 heterocycles. The molecule has 4 aliphatic heterocycles. The third-order valence-electron chi connectivity index (χ3n) is 16.8. The lowest BCUT2D eigenvalue weighted by Gasteiger charge is -2.40. The van der Waals surface area contributed by atoms with E-state index in [0.29, 0.717) is 53.4 Å². The van der Waals surface area contributed by atoms with Crippen LogP contribution in [0.3, 0.4) is 0 Å². The van der Waals surface area contributed by atoms with Crippen molar-refractivity contribution in [1.29, 1.82) is 0 Å². The van der Waals surface area contributed by atoms with Crippen LogP contribution in [0.25, 0.3) is 22.3 Å². The van der Waals surface area contributed by atoms with Crippen molar-refractivity contribution in [1.82, 2.24) is 51.0 Å². The number of hydrogen-bond acceptors (Lipinski definition) is 18. The first-order valence-corrected chi connectivity index (χ1v) is 31.2. The van der Waals surface area contributed by atoms with E-state index in [1.807, 2.05) is 58.0 Å². The van der Waals surface area contributed by atoms with Crippen LogP contribution in [0.1, 0.15) is 110 Å². The van der Waals surface area contributed by atoms with Crippen LogP contribution in [0.5, 0.6) is 5.75 Å². The quantitative estimate of drug-likeness (QED) is 0.0309. The molecular weight excluding hydrogens is 1230 g/mol. The number of imidazole rings is 1. The number of rotatable bonds is 24. The van der Waals surface area contributed by atoms with Crippen molar-refractivity contribution in [2.24, 2.45) is 17.8 Å². The number of H-pyrrole nitrogens is 1. The number of aromatic amines is 1. The summed E-state index contributed by atoms with van der Waals surface area (Å²) >= 11 is 5.77. The molecule has 92 heavy (non-hydrogen) atoms. The molecule has 0 aliphatic carbocycles. The number of cyclic esters (lactones) is 1. The Labute approximate surface area is 543 Å². The molecule has 5 aromatic rings. The van der Waals surface area contributed by atoms with E-state index < -0.39 is 126 Å². The summed E-state index contributed by atoms with van der Waals surface area (Å²) < 4.78 is 30.2. The number of anilines is 1. The number of carbonyl (C=O) groups is 7. The molecule has 0 saturated carbocycles. The molecule has 9 N–H and O–H groups in total. The lowest BCUT2D eigenvalue weighted by Crippen LogP contribution is -2.59. The number of nitrogens with one attached hydrogen (secondary N) is 7. The highest BCUT2D eigenvalue weighted by molar-refractivity contribution is 7.80. The van der Waals surface area contributed by atoms with Crippen molar-refractivity contribution >= 4 is 87.8 Å². The van der Waals surface area contributed by atoms with Crippen LogP contribution >= 0.6 is 24.6 Å². The highest BCUT2D eigenvalue weighted by atomic mass is 35.5. The summed E-state index contributed by atoms with van der Waals surface area (Å²) in [5.74, 6) is -5.79. The fourth-order valence-corrected chi connectivity index (χ4v) is 12.3. The molecule has 0 spiro atoms. The van der Waals surface area contributed by atoms with Gasteiger partial charge in [0.2, 0.25) is 41.4 Å². The number of thiocarbonyl (C=S) groups is 1. The Balaban J connectivity index is 0.0000109. The number of benzene rings is 2. The second-order valence-corrected chi connectivity index (χ2v) is 25.1. The summed E-state index contributed by atoms with van der Waals surface area (Å²) in [6.07, 6.45) is -0.988. The second kappa shape index (κ2) is 30.1. The van der Waals surface area contributed by atoms with E-state index in [1.165, 1.54) is 19.6 Å². The Bertz CT molecular complexity index is 3590. The Kier molecular flexibility index (Phi) is 22.9. The average molecular weight is 1310 g/mol. The zero-order valence-electron chi connectivity index (χ0n) is 52.8. The fraction of sp³-hybridized carbons (Fsp3) is 0.516. The molecule has 0 radical (unpaired) electrons. The number of aliphatic hydroxyl groups is 2. The maximum absolute atomic E-state index is 14.6. The Morgan fingerprint density at radius 3 is 2.24 bits per heavy atom. The Hall–Kier alpha value is -8.08. The number of para-hydroxylation sites is 1. The third kappa shape index (κ3) is 15.5. The molecule has 9 rings (SSSR count). The number of esters is 2. The minimum absolute atomic E-state index is 0. The summed E-state index contributed by atoms with van der Waals surface area (Å²) in [5.41, 5.74) is 1.30. The van der Waals surface area contributed by atoms with Gasteiger partial charge in [-0.25, -0.2) is 19.6 Å². The van der Waals surface area contributed by atoms with Crippen LogP contribution in [0.2, 0.25) is 0 Å². The minimum Gasteiger partial charge on any atom is -0.462 e. The Morgan fingerprint density at radius 1 is 0.880 bits per heavy atom. The van der Waals surface area contributed by atoms with Crippen LogP contribution in [0.4, 0.5) is 5.69 Å². The highest BCUT2D eigenvalue weighted by Gasteiger charge is 2.52. The van der Waals surface area contributed by atoms with E-state index in [9.17, 15) is 48.6 Å². The number of likely N-dealkylation sites (tertiary alicyclic amines) is 1. The lowest BCUT2D eigenvalue weighted by molar-refractivity contribution is -0.272. The summed E-state index contributed by atoms with van der Waals surface area (Å²) in [4.78, 5) is 127. The molecule has 5 amide bonds. The normalized spacial score (nSPS) is 21.9. The predicted octanol–water partition coefficient (Wildman–Crippen LogP) is 3.54. The predicted molar refractivity (Wildman–Crippen MR) is 343 cm³/mol. The van der Waals surface area contributed by atoms with Gasteiger partial charge in [0.1, 0.15) is 60.9 Å². The number of halogens is 1. The molecular formula is C64H82ClN11O15S. The molecule has 3 aromatic heterocycles. The Morgan fingerprint density at radius 2 is 1.58 bits per heavy atom. The van der Waals surface area contributed by atoms with E-state index in [-0.39, 0.29) is 79.3 Å². The summed E-state index contributed by atoms with van der Waals surface area (Å²) in [6.45, 7) is 13.8. The van der Waals surface area contributed by atoms with Gasteiger partial charge in [0.25, 0.3) is 5.56 Å². The number of pyridine rings is 2. The summed E-state index contributed by atoms with van der Waals surface area (Å²) in [7, 11) is 1.38. The van der Waals surface area contributed by atoms with Crippen molar-refractivity contribution < 1.29 is 67.5 Å². The van der Waals surface area contributed by atoms with Crippen molar-refractivity contribution in [3.8, 4) is 17.1 Å². The molecule has 11 atom stereocenters. The number of carbonyl (C=O) groups excluding carboxylic acids is 7. The van der Waals surface area contributed by atoms with Crippen LogP contribution in [-0.4, -0.2) is 162 Å². The highest BCUT2D eigenvalue weighted by Crippen LogP contribution is 2.41. The maximum atomic E-state index is 14.6. The third-order valence-corrected chi connectivity index (χ3v) is 17.2. The minimum atomic E-state index is -2.09. The van der Waals surface area contributed by atoms with Gasteiger partial charge in [-0.05, 0) is 111 Å². The van der Waals surface area contributed by atoms with Crippen molar-refractivity contribution in [2.45, 2.75) is 174 Å². The molecule has 0 bridgehead atoms. The lowest BCUT2D eigenvalue weighted by atomic mass is 9.85. The van der Waals surface area contributed by atoms with E-state index in [1.54, 1.807) is 67.5 Å². The maximum Gasteiger partial charge on any atom is 0.355 e. The number of methoxy groups -OCH3 is 1. The first kappa shape index (κ1) is 69.8. The monoisotopic (exact) mass is 1310 g/mol. The molecule has 2 aromatic carbocycles. The van der Waals surface area contributed by atoms with Gasteiger partial charge in [0.15, 0.2) is 5.11 Å². The molecule has 26 nitrogen and oxygen atoms in total. The largest absolute Gasteiger partial charge is 0.462 e. The molecule has 2 saturated heterocycles. The zero-order chi connectivity index (χ0) is 65.6. The number of aliphatic hydroxyl groups excluding tert-OH is 2. The van der Waals surface area contributed by atoms with Gasteiger partial charge in [-0.2, -0.15) is 0 Å². The molecule has 496 valence electrons. The van der Waals surface area contributed by atoms with Crippen molar-refractivity contribution in [3.63, 3.8) is 0 Å². The van der Waals surface area contributed by atoms with Gasteiger partial charge in [-0.1, -0.05) is 66.7 Å². The number of ether oxygens (including phenoxy) is 5. The van der Waals surface area contributed by atoms with Gasteiger partial charge in [0, 0.05) is 54.2 Å². The summed E-state index contributed by atoms with van der Waals surface area (Å²) in [5, 5.41) is 39.1. The number of amides is 5. The van der Waals surface area contributed by atoms with Crippen LogP contribution < -0.4 is 42.2 Å². The first-order valence-electron chi connectivity index (χ1n) is 30.8. The van der Waals surface area contributed by atoms with Crippen LogP contribution in [-0.2, 0) is 77.7 Å². The van der Waals surface area contributed by atoms with Crippen molar-refractivity contribution in [2.75, 3.05) is 25.5 Å². The molecule has 28 heteroatoms. The number of nitrogens with zero attached hydrogens (tertiary/aromatic N) is 4.